The molecule has 1 aliphatic heterocycles. The lowest BCUT2D eigenvalue weighted by Crippen LogP contribution is -2.55. The van der Waals surface area contributed by atoms with Gasteiger partial charge in [-0.3, -0.25) is 4.90 Å². The topological polar surface area (TPSA) is 52.0 Å². The van der Waals surface area contributed by atoms with Crippen molar-refractivity contribution in [3.05, 3.63) is 23.8 Å². The van der Waals surface area contributed by atoms with E-state index in [1.807, 2.05) is 6.07 Å². The molecule has 2 unspecified atom stereocenters. The Hall–Kier alpha value is -1.67. The summed E-state index contributed by atoms with van der Waals surface area (Å²) in [5.74, 6) is -0.424. The molecule has 5 heteroatoms. The molecule has 1 N–H and O–H groups in total. The molecule has 0 radical (unpaired) electrons. The van der Waals surface area contributed by atoms with E-state index in [9.17, 15) is 4.39 Å². The number of nitrogens with one attached hydrogen (secondary N) is 1. The van der Waals surface area contributed by atoms with E-state index >= 15 is 0 Å². The van der Waals surface area contributed by atoms with E-state index in [4.69, 9.17) is 5.26 Å². The Bertz CT molecular complexity index is 535. The molecule has 1 aromatic rings. The van der Waals surface area contributed by atoms with Crippen molar-refractivity contribution in [2.75, 3.05) is 12.4 Å². The number of aromatic nitrogens is 1. The van der Waals surface area contributed by atoms with Crippen molar-refractivity contribution in [3.63, 3.8) is 0 Å². The van der Waals surface area contributed by atoms with Crippen LogP contribution in [0.15, 0.2) is 12.3 Å². The lowest BCUT2D eigenvalue weighted by atomic mass is 9.84. The molecular weight excluding hydrogens is 255 g/mol. The summed E-state index contributed by atoms with van der Waals surface area (Å²) in [7, 11) is 2.13. The summed E-state index contributed by atoms with van der Waals surface area (Å²) in [6, 6.07) is 4.00. The quantitative estimate of drug-likeness (QED) is 0.902. The highest BCUT2D eigenvalue weighted by molar-refractivity contribution is 5.54. The van der Waals surface area contributed by atoms with Crippen molar-refractivity contribution < 1.29 is 4.39 Å². The van der Waals surface area contributed by atoms with Gasteiger partial charge >= 0.3 is 0 Å². The van der Waals surface area contributed by atoms with Gasteiger partial charge in [-0.2, -0.15) is 5.26 Å². The Morgan fingerprint density at radius 3 is 2.85 bits per heavy atom. The van der Waals surface area contributed by atoms with Crippen molar-refractivity contribution in [1.29, 1.82) is 5.26 Å². The van der Waals surface area contributed by atoms with Crippen LogP contribution in [-0.4, -0.2) is 34.6 Å². The summed E-state index contributed by atoms with van der Waals surface area (Å²) in [6.45, 7) is 6.59. The molecule has 2 rings (SSSR count). The van der Waals surface area contributed by atoms with Crippen molar-refractivity contribution in [1.82, 2.24) is 9.88 Å². The molecule has 0 spiro atoms. The number of likely N-dealkylation sites (tertiary alicyclic amines) is 1. The summed E-state index contributed by atoms with van der Waals surface area (Å²) in [5.41, 5.74) is 0.809. The van der Waals surface area contributed by atoms with Crippen LogP contribution in [0.2, 0.25) is 0 Å². The number of hydrogen-bond donors (Lipinski definition) is 1. The minimum Gasteiger partial charge on any atom is -0.380 e. The third-order valence-corrected chi connectivity index (χ3v) is 4.31. The summed E-state index contributed by atoms with van der Waals surface area (Å²) < 4.78 is 13.3. The lowest BCUT2D eigenvalue weighted by molar-refractivity contribution is 0.0530. The van der Waals surface area contributed by atoms with Gasteiger partial charge < -0.3 is 5.32 Å². The number of anilines is 1. The summed E-state index contributed by atoms with van der Waals surface area (Å²) in [4.78, 5) is 6.18. The predicted octanol–water partition coefficient (Wildman–Crippen LogP) is 2.77. The van der Waals surface area contributed by atoms with Crippen LogP contribution in [0.3, 0.4) is 0 Å². The maximum atomic E-state index is 13.3. The van der Waals surface area contributed by atoms with Crippen LogP contribution in [0.4, 0.5) is 10.1 Å². The van der Waals surface area contributed by atoms with Crippen LogP contribution in [-0.2, 0) is 0 Å². The number of hydrogen-bond acceptors (Lipinski definition) is 4. The van der Waals surface area contributed by atoms with E-state index in [0.29, 0.717) is 11.7 Å². The molecule has 1 fully saturated rings. The van der Waals surface area contributed by atoms with Crippen molar-refractivity contribution in [2.45, 2.75) is 51.2 Å². The molecule has 0 aliphatic carbocycles. The Labute approximate surface area is 119 Å². The largest absolute Gasteiger partial charge is 0.380 e. The van der Waals surface area contributed by atoms with Gasteiger partial charge in [-0.05, 0) is 40.7 Å². The summed E-state index contributed by atoms with van der Waals surface area (Å²) in [5, 5.41) is 12.3. The van der Waals surface area contributed by atoms with Gasteiger partial charge in [0, 0.05) is 23.7 Å². The van der Waals surface area contributed by atoms with Crippen molar-refractivity contribution in [3.8, 4) is 6.07 Å². The minimum absolute atomic E-state index is 0.0723. The maximum absolute atomic E-state index is 13.3. The molecule has 2 heterocycles. The van der Waals surface area contributed by atoms with Gasteiger partial charge in [0.25, 0.3) is 0 Å². The second-order valence-electron chi connectivity index (χ2n) is 6.21. The first-order valence-corrected chi connectivity index (χ1v) is 6.88. The number of pyridine rings is 1. The third kappa shape index (κ3) is 2.91. The first-order valence-electron chi connectivity index (χ1n) is 6.88. The monoisotopic (exact) mass is 276 g/mol. The average Bonchev–Trinajstić information content (AvgIpc) is 2.36. The molecule has 4 nitrogen and oxygen atoms in total. The normalized spacial score (nSPS) is 26.0. The van der Waals surface area contributed by atoms with Gasteiger partial charge in [-0.25, -0.2) is 9.37 Å². The SMILES string of the molecule is CC1CC(Nc2cc(F)cnc2C#N)CC(C)(C)N1C. The smallest absolute Gasteiger partial charge is 0.163 e. The maximum Gasteiger partial charge on any atom is 0.163 e. The van der Waals surface area contributed by atoms with Crippen LogP contribution >= 0.6 is 0 Å². The average molecular weight is 276 g/mol. The molecule has 108 valence electrons. The Morgan fingerprint density at radius 1 is 1.55 bits per heavy atom. The zero-order valence-electron chi connectivity index (χ0n) is 12.4. The van der Waals surface area contributed by atoms with E-state index in [0.717, 1.165) is 19.0 Å². The standard InChI is InChI=1S/C15H21FN4/c1-10-5-12(7-15(2,3)20(10)4)19-13-6-11(16)9-18-14(13)8-17/h6,9-10,12,19H,5,7H2,1-4H3. The van der Waals surface area contributed by atoms with E-state index in [1.54, 1.807) is 0 Å². The first-order chi connectivity index (χ1) is 9.33. The minimum atomic E-state index is -0.424. The van der Waals surface area contributed by atoms with Gasteiger partial charge in [-0.15, -0.1) is 0 Å². The van der Waals surface area contributed by atoms with E-state index in [2.05, 4.69) is 43.0 Å². The zero-order valence-corrected chi connectivity index (χ0v) is 12.4. The van der Waals surface area contributed by atoms with Gasteiger partial charge in [0.05, 0.1) is 11.9 Å². The van der Waals surface area contributed by atoms with Crippen molar-refractivity contribution in [2.24, 2.45) is 0 Å². The van der Waals surface area contributed by atoms with Gasteiger partial charge in [0.2, 0.25) is 0 Å². The van der Waals surface area contributed by atoms with Crippen LogP contribution in [0.25, 0.3) is 0 Å². The fourth-order valence-corrected chi connectivity index (χ4v) is 2.97. The number of nitriles is 1. The zero-order chi connectivity index (χ0) is 14.9. The molecule has 0 aromatic carbocycles. The second-order valence-corrected chi connectivity index (χ2v) is 6.21. The highest BCUT2D eigenvalue weighted by Crippen LogP contribution is 2.32. The molecule has 0 amide bonds. The van der Waals surface area contributed by atoms with Gasteiger partial charge in [0.1, 0.15) is 11.9 Å². The molecule has 2 atom stereocenters. The number of rotatable bonds is 2. The van der Waals surface area contributed by atoms with Crippen LogP contribution in [0.1, 0.15) is 39.3 Å². The lowest BCUT2D eigenvalue weighted by Gasteiger charge is -2.48. The Balaban J connectivity index is 2.19. The number of halogens is 1. The predicted molar refractivity (Wildman–Crippen MR) is 76.9 cm³/mol. The van der Waals surface area contributed by atoms with Crippen molar-refractivity contribution >= 4 is 5.69 Å². The fraction of sp³-hybridized carbons (Fsp3) is 0.600. The van der Waals surface area contributed by atoms with Crippen LogP contribution < -0.4 is 5.32 Å². The van der Waals surface area contributed by atoms with Gasteiger partial charge in [-0.1, -0.05) is 0 Å². The van der Waals surface area contributed by atoms with Crippen LogP contribution in [0, 0.1) is 17.1 Å². The molecular formula is C15H21FN4. The summed E-state index contributed by atoms with van der Waals surface area (Å²) >= 11 is 0. The highest BCUT2D eigenvalue weighted by Gasteiger charge is 2.36. The van der Waals surface area contributed by atoms with E-state index in [1.165, 1.54) is 6.07 Å². The van der Waals surface area contributed by atoms with Crippen LogP contribution in [0.5, 0.6) is 0 Å². The van der Waals surface area contributed by atoms with E-state index < -0.39 is 5.82 Å². The Kier molecular flexibility index (Phi) is 3.96. The number of piperidine rings is 1. The first kappa shape index (κ1) is 14.7. The second kappa shape index (κ2) is 5.37. The summed E-state index contributed by atoms with van der Waals surface area (Å²) in [6.07, 6.45) is 2.97. The molecule has 20 heavy (non-hydrogen) atoms. The third-order valence-electron chi connectivity index (χ3n) is 4.31. The molecule has 1 aromatic heterocycles. The highest BCUT2D eigenvalue weighted by atomic mass is 19.1. The van der Waals surface area contributed by atoms with Gasteiger partial charge in [0.15, 0.2) is 5.69 Å². The fourth-order valence-electron chi connectivity index (χ4n) is 2.97. The Morgan fingerprint density at radius 2 is 2.25 bits per heavy atom. The number of nitrogens with zero attached hydrogens (tertiary/aromatic N) is 3. The molecule has 1 aliphatic rings. The molecule has 0 saturated carbocycles. The molecule has 1 saturated heterocycles. The molecule has 0 bridgehead atoms. The van der Waals surface area contributed by atoms with E-state index in [-0.39, 0.29) is 17.3 Å².